The Kier molecular flexibility index (Phi) is 1.77. The maximum atomic E-state index is 10.2. The first kappa shape index (κ1) is 9.04. The van der Waals surface area contributed by atoms with Crippen LogP contribution in [0.2, 0.25) is 0 Å². The molecule has 3 rings (SSSR count). The molecule has 0 aliphatic rings. The number of nitrogen functional groups attached to an aromatic ring is 1. The van der Waals surface area contributed by atoms with Gasteiger partial charge in [-0.3, -0.25) is 0 Å². The Morgan fingerprint density at radius 1 is 0.688 bits per heavy atom. The van der Waals surface area contributed by atoms with Crippen LogP contribution in [0.5, 0.6) is 5.75 Å². The van der Waals surface area contributed by atoms with Crippen molar-refractivity contribution in [1.82, 2.24) is 0 Å². The molecule has 2 heteroatoms. The third-order valence-electron chi connectivity index (χ3n) is 2.94. The van der Waals surface area contributed by atoms with E-state index in [4.69, 9.17) is 5.73 Å². The van der Waals surface area contributed by atoms with Crippen molar-refractivity contribution >= 4 is 27.2 Å². The minimum Gasteiger partial charge on any atom is -0.507 e. The van der Waals surface area contributed by atoms with Gasteiger partial charge in [-0.1, -0.05) is 48.5 Å². The number of hydrogen-bond donors (Lipinski definition) is 2. The van der Waals surface area contributed by atoms with Crippen molar-refractivity contribution in [2.75, 3.05) is 5.73 Å². The molecule has 0 radical (unpaired) electrons. The Morgan fingerprint density at radius 3 is 1.50 bits per heavy atom. The van der Waals surface area contributed by atoms with Gasteiger partial charge in [0.25, 0.3) is 0 Å². The number of phenols is 1. The van der Waals surface area contributed by atoms with Crippen LogP contribution < -0.4 is 5.73 Å². The van der Waals surface area contributed by atoms with E-state index in [1.807, 2.05) is 48.5 Å². The maximum absolute atomic E-state index is 10.2. The van der Waals surface area contributed by atoms with E-state index in [2.05, 4.69) is 0 Å². The molecule has 3 aromatic rings. The minimum atomic E-state index is 0.306. The second-order valence-corrected chi connectivity index (χ2v) is 3.85. The van der Waals surface area contributed by atoms with Crippen LogP contribution >= 0.6 is 0 Å². The average molecular weight is 209 g/mol. The number of aromatic hydroxyl groups is 1. The number of anilines is 1. The predicted molar refractivity (Wildman–Crippen MR) is 67.5 cm³/mol. The molecule has 0 heterocycles. The van der Waals surface area contributed by atoms with Crippen LogP contribution in [0.1, 0.15) is 0 Å². The van der Waals surface area contributed by atoms with E-state index >= 15 is 0 Å². The Hall–Kier alpha value is -2.22. The smallest absolute Gasteiger partial charge is 0.131 e. The summed E-state index contributed by atoms with van der Waals surface area (Å²) in [6, 6.07) is 15.3. The number of hydrogen-bond acceptors (Lipinski definition) is 2. The van der Waals surface area contributed by atoms with Crippen LogP contribution in [0, 0.1) is 0 Å². The Morgan fingerprint density at radius 2 is 1.06 bits per heavy atom. The van der Waals surface area contributed by atoms with E-state index in [9.17, 15) is 5.11 Å². The van der Waals surface area contributed by atoms with Gasteiger partial charge in [0.2, 0.25) is 0 Å². The summed E-state index contributed by atoms with van der Waals surface area (Å²) < 4.78 is 0. The molecule has 0 saturated heterocycles. The summed E-state index contributed by atoms with van der Waals surface area (Å²) in [4.78, 5) is 0. The van der Waals surface area contributed by atoms with E-state index in [-0.39, 0.29) is 0 Å². The summed E-state index contributed by atoms with van der Waals surface area (Å²) in [6.07, 6.45) is 0. The predicted octanol–water partition coefficient (Wildman–Crippen LogP) is 3.28. The first-order valence-corrected chi connectivity index (χ1v) is 5.17. The molecule has 0 aliphatic carbocycles. The van der Waals surface area contributed by atoms with Gasteiger partial charge >= 0.3 is 0 Å². The zero-order valence-electron chi connectivity index (χ0n) is 8.64. The lowest BCUT2D eigenvalue weighted by Crippen LogP contribution is -1.90. The molecule has 0 atom stereocenters. The molecule has 3 N–H and O–H groups in total. The SMILES string of the molecule is Nc1c2ccccc2c(O)c2ccccc12. The van der Waals surface area contributed by atoms with Crippen molar-refractivity contribution in [3.63, 3.8) is 0 Å². The maximum Gasteiger partial charge on any atom is 0.131 e. The van der Waals surface area contributed by atoms with E-state index in [0.29, 0.717) is 5.75 Å². The van der Waals surface area contributed by atoms with Crippen LogP contribution in [0.25, 0.3) is 21.5 Å². The zero-order valence-corrected chi connectivity index (χ0v) is 8.64. The summed E-state index contributed by atoms with van der Waals surface area (Å²) >= 11 is 0. The normalized spacial score (nSPS) is 11.0. The fourth-order valence-electron chi connectivity index (χ4n) is 2.14. The van der Waals surface area contributed by atoms with Crippen LogP contribution in [-0.2, 0) is 0 Å². The van der Waals surface area contributed by atoms with Gasteiger partial charge in [0.05, 0.1) is 0 Å². The standard InChI is InChI=1S/C14H11NO/c15-13-9-5-1-3-7-11(9)14(16)12-8-4-2-6-10(12)13/h1-8,16H,15H2. The molecular weight excluding hydrogens is 198 g/mol. The first-order valence-electron chi connectivity index (χ1n) is 5.17. The minimum absolute atomic E-state index is 0.306. The molecule has 16 heavy (non-hydrogen) atoms. The molecule has 0 aliphatic heterocycles. The fraction of sp³-hybridized carbons (Fsp3) is 0. The molecule has 0 bridgehead atoms. The highest BCUT2D eigenvalue weighted by Gasteiger charge is 2.09. The van der Waals surface area contributed by atoms with Gasteiger partial charge in [-0.05, 0) is 0 Å². The fourth-order valence-corrected chi connectivity index (χ4v) is 2.14. The van der Waals surface area contributed by atoms with Crippen molar-refractivity contribution in [3.8, 4) is 5.75 Å². The van der Waals surface area contributed by atoms with Gasteiger partial charge < -0.3 is 10.8 Å². The van der Waals surface area contributed by atoms with Crippen molar-refractivity contribution in [3.05, 3.63) is 48.5 Å². The molecular formula is C14H11NO. The molecule has 0 spiro atoms. The molecule has 0 aromatic heterocycles. The molecule has 0 amide bonds. The van der Waals surface area contributed by atoms with Crippen molar-refractivity contribution in [2.45, 2.75) is 0 Å². The van der Waals surface area contributed by atoms with Crippen molar-refractivity contribution in [2.24, 2.45) is 0 Å². The van der Waals surface area contributed by atoms with Crippen LogP contribution in [0.4, 0.5) is 5.69 Å². The second kappa shape index (κ2) is 3.14. The zero-order chi connectivity index (χ0) is 11.1. The molecule has 0 saturated carbocycles. The summed E-state index contributed by atoms with van der Waals surface area (Å²) in [6.45, 7) is 0. The lowest BCUT2D eigenvalue weighted by atomic mass is 10.00. The van der Waals surface area contributed by atoms with Gasteiger partial charge in [0.1, 0.15) is 5.75 Å². The Balaban J connectivity index is 2.67. The molecule has 0 fully saturated rings. The van der Waals surface area contributed by atoms with E-state index in [1.54, 1.807) is 0 Å². The largest absolute Gasteiger partial charge is 0.507 e. The molecule has 0 unspecified atom stereocenters. The van der Waals surface area contributed by atoms with E-state index < -0.39 is 0 Å². The quantitative estimate of drug-likeness (QED) is 0.339. The molecule has 3 aromatic carbocycles. The van der Waals surface area contributed by atoms with Crippen LogP contribution in [-0.4, -0.2) is 5.11 Å². The van der Waals surface area contributed by atoms with Crippen molar-refractivity contribution < 1.29 is 5.11 Å². The second-order valence-electron chi connectivity index (χ2n) is 3.85. The van der Waals surface area contributed by atoms with Gasteiger partial charge in [0.15, 0.2) is 0 Å². The van der Waals surface area contributed by atoms with E-state index in [0.717, 1.165) is 27.2 Å². The number of phenolic OH excluding ortho intramolecular Hbond substituents is 1. The number of rotatable bonds is 0. The number of benzene rings is 3. The van der Waals surface area contributed by atoms with E-state index in [1.165, 1.54) is 0 Å². The van der Waals surface area contributed by atoms with Gasteiger partial charge in [0, 0.05) is 27.2 Å². The van der Waals surface area contributed by atoms with Crippen LogP contribution in [0.15, 0.2) is 48.5 Å². The summed E-state index contributed by atoms with van der Waals surface area (Å²) in [7, 11) is 0. The lowest BCUT2D eigenvalue weighted by Gasteiger charge is -2.09. The third-order valence-corrected chi connectivity index (χ3v) is 2.94. The van der Waals surface area contributed by atoms with Gasteiger partial charge in [-0.25, -0.2) is 0 Å². The average Bonchev–Trinajstić information content (AvgIpc) is 2.36. The molecule has 78 valence electrons. The van der Waals surface area contributed by atoms with Crippen LogP contribution in [0.3, 0.4) is 0 Å². The summed E-state index contributed by atoms with van der Waals surface area (Å²) in [5, 5.41) is 13.6. The first-order chi connectivity index (χ1) is 7.79. The summed E-state index contributed by atoms with van der Waals surface area (Å²) in [5.41, 5.74) is 6.84. The highest BCUT2D eigenvalue weighted by atomic mass is 16.3. The Bertz CT molecular complexity index is 572. The van der Waals surface area contributed by atoms with Gasteiger partial charge in [-0.2, -0.15) is 0 Å². The Labute approximate surface area is 92.9 Å². The monoisotopic (exact) mass is 209 g/mol. The lowest BCUT2D eigenvalue weighted by molar-refractivity contribution is 0.488. The molecule has 2 nitrogen and oxygen atoms in total. The highest BCUT2D eigenvalue weighted by molar-refractivity contribution is 6.14. The topological polar surface area (TPSA) is 46.2 Å². The van der Waals surface area contributed by atoms with Gasteiger partial charge in [-0.15, -0.1) is 0 Å². The third kappa shape index (κ3) is 1.07. The number of fused-ring (bicyclic) bond motifs is 2. The number of nitrogens with two attached hydrogens (primary N) is 1. The van der Waals surface area contributed by atoms with Crippen molar-refractivity contribution in [1.29, 1.82) is 0 Å². The summed E-state index contributed by atoms with van der Waals surface area (Å²) in [5.74, 6) is 0.306. The highest BCUT2D eigenvalue weighted by Crippen LogP contribution is 2.38.